The van der Waals surface area contributed by atoms with Crippen LogP contribution in [-0.2, 0) is 21.6 Å². The lowest BCUT2D eigenvalue weighted by Crippen LogP contribution is -2.45. The lowest BCUT2D eigenvalue weighted by Gasteiger charge is -2.36. The molecule has 0 saturated carbocycles. The summed E-state index contributed by atoms with van der Waals surface area (Å²) in [6.45, 7) is 0.162. The molecular weight excluding hydrogens is 525 g/mol. The summed E-state index contributed by atoms with van der Waals surface area (Å²) in [4.78, 5) is 40.0. The maximum atomic E-state index is 15.3. The van der Waals surface area contributed by atoms with E-state index in [9.17, 15) is 14.4 Å². The third-order valence-corrected chi connectivity index (χ3v) is 7.65. The van der Waals surface area contributed by atoms with Gasteiger partial charge in [0.1, 0.15) is 6.04 Å². The minimum Gasteiger partial charge on any atom is -0.436 e. The van der Waals surface area contributed by atoms with Gasteiger partial charge in [0.15, 0.2) is 11.4 Å². The van der Waals surface area contributed by atoms with E-state index in [1.165, 1.54) is 12.1 Å². The number of carbonyl (C=O) groups is 3. The molecule has 198 valence electrons. The van der Waals surface area contributed by atoms with E-state index < -0.39 is 29.5 Å². The zero-order valence-corrected chi connectivity index (χ0v) is 21.3. The highest BCUT2D eigenvalue weighted by Crippen LogP contribution is 2.46. The fourth-order valence-electron chi connectivity index (χ4n) is 5.49. The lowest BCUT2D eigenvalue weighted by atomic mass is 9.89. The van der Waals surface area contributed by atoms with Crippen molar-refractivity contribution < 1.29 is 23.5 Å². The van der Waals surface area contributed by atoms with Crippen LogP contribution in [0.4, 0.5) is 14.9 Å². The first-order valence-electron chi connectivity index (χ1n) is 12.3. The van der Waals surface area contributed by atoms with E-state index in [4.69, 9.17) is 22.1 Å². The number of fused-ring (bicyclic) bond motifs is 3. The summed E-state index contributed by atoms with van der Waals surface area (Å²) < 4.78 is 22.5. The standard InChI is InChI=1S/C28H23ClFN5O4/c29-19-8-9-20-23(24(19)30)28(39-27(38)33-20)10-11-34(15-28)26(37)22(12-16-4-2-1-3-5-16)35-21-13-17(25(31)36)6-7-18(21)14-32-35/h1-9,13-14,22H,10-12,15H2,(H2,31,36)(H,33,38)/t22-,28-/m0/s1. The van der Waals surface area contributed by atoms with Crippen molar-refractivity contribution >= 4 is 46.1 Å². The minimum absolute atomic E-state index is 0.0550. The molecule has 0 aliphatic carbocycles. The van der Waals surface area contributed by atoms with E-state index in [2.05, 4.69) is 10.4 Å². The van der Waals surface area contributed by atoms with Crippen LogP contribution in [0.25, 0.3) is 10.9 Å². The molecule has 3 N–H and O–H groups in total. The average molecular weight is 548 g/mol. The Kier molecular flexibility index (Phi) is 5.99. The van der Waals surface area contributed by atoms with E-state index in [0.717, 1.165) is 10.9 Å². The molecule has 0 unspecified atom stereocenters. The first-order chi connectivity index (χ1) is 18.8. The van der Waals surface area contributed by atoms with Crippen LogP contribution >= 0.6 is 11.6 Å². The molecule has 6 rings (SSSR count). The van der Waals surface area contributed by atoms with Gasteiger partial charge in [-0.2, -0.15) is 5.10 Å². The summed E-state index contributed by atoms with van der Waals surface area (Å²) in [5.41, 5.74) is 6.28. The topological polar surface area (TPSA) is 120 Å². The Labute approximate surface area is 227 Å². The van der Waals surface area contributed by atoms with Gasteiger partial charge in [-0.3, -0.25) is 19.6 Å². The van der Waals surface area contributed by atoms with E-state index in [0.29, 0.717) is 17.5 Å². The van der Waals surface area contributed by atoms with Gasteiger partial charge < -0.3 is 15.4 Å². The van der Waals surface area contributed by atoms with Crippen molar-refractivity contribution in [2.75, 3.05) is 18.4 Å². The number of ether oxygens (including phenoxy) is 1. The Morgan fingerprint density at radius 1 is 1.18 bits per heavy atom. The Morgan fingerprint density at radius 3 is 2.74 bits per heavy atom. The van der Waals surface area contributed by atoms with Crippen molar-refractivity contribution in [1.82, 2.24) is 14.7 Å². The quantitative estimate of drug-likeness (QED) is 0.384. The van der Waals surface area contributed by atoms with Gasteiger partial charge in [0, 0.05) is 30.3 Å². The summed E-state index contributed by atoms with van der Waals surface area (Å²) in [5, 5.41) is 7.66. The van der Waals surface area contributed by atoms with Crippen LogP contribution in [0.2, 0.25) is 5.02 Å². The van der Waals surface area contributed by atoms with Crippen LogP contribution in [0.1, 0.15) is 33.9 Å². The summed E-state index contributed by atoms with van der Waals surface area (Å²) in [6, 6.07) is 16.5. The zero-order chi connectivity index (χ0) is 27.3. The largest absolute Gasteiger partial charge is 0.436 e. The number of hydrogen-bond donors (Lipinski definition) is 2. The van der Waals surface area contributed by atoms with E-state index in [1.807, 2.05) is 30.3 Å². The molecular formula is C28H23ClFN5O4. The van der Waals surface area contributed by atoms with Gasteiger partial charge in [-0.05, 0) is 29.8 Å². The smallest absolute Gasteiger partial charge is 0.412 e. The van der Waals surface area contributed by atoms with Crippen molar-refractivity contribution in [2.45, 2.75) is 24.5 Å². The van der Waals surface area contributed by atoms with Crippen molar-refractivity contribution in [3.8, 4) is 0 Å². The molecule has 0 bridgehead atoms. The molecule has 4 aromatic rings. The summed E-state index contributed by atoms with van der Waals surface area (Å²) >= 11 is 6.07. The molecule has 1 aromatic heterocycles. The molecule has 1 saturated heterocycles. The van der Waals surface area contributed by atoms with Crippen molar-refractivity contribution in [3.05, 3.63) is 94.4 Å². The molecule has 11 heteroatoms. The Bertz CT molecular complexity index is 1640. The summed E-state index contributed by atoms with van der Waals surface area (Å²) in [6.07, 6.45) is 1.40. The number of primary amides is 1. The first kappa shape index (κ1) is 24.9. The normalized spacial score (nSPS) is 19.0. The molecule has 3 heterocycles. The molecule has 9 nitrogen and oxygen atoms in total. The molecule has 3 aromatic carbocycles. The highest BCUT2D eigenvalue weighted by molar-refractivity contribution is 6.31. The van der Waals surface area contributed by atoms with Crippen LogP contribution in [-0.4, -0.2) is 45.7 Å². The predicted molar refractivity (Wildman–Crippen MR) is 142 cm³/mol. The fourth-order valence-corrected chi connectivity index (χ4v) is 5.65. The first-order valence-corrected chi connectivity index (χ1v) is 12.7. The lowest BCUT2D eigenvalue weighted by molar-refractivity contribution is -0.135. The highest BCUT2D eigenvalue weighted by Gasteiger charge is 2.51. The molecule has 0 radical (unpaired) electrons. The second-order valence-corrected chi connectivity index (χ2v) is 10.1. The van der Waals surface area contributed by atoms with E-state index in [1.54, 1.807) is 34.0 Å². The number of aromatic nitrogens is 2. The monoisotopic (exact) mass is 547 g/mol. The number of amides is 3. The fraction of sp³-hybridized carbons (Fsp3) is 0.214. The van der Waals surface area contributed by atoms with Crippen LogP contribution in [0.3, 0.4) is 0 Å². The third-order valence-electron chi connectivity index (χ3n) is 7.35. The second kappa shape index (κ2) is 9.39. The molecule has 39 heavy (non-hydrogen) atoms. The van der Waals surface area contributed by atoms with E-state index in [-0.39, 0.29) is 41.7 Å². The van der Waals surface area contributed by atoms with Crippen molar-refractivity contribution in [1.29, 1.82) is 0 Å². The van der Waals surface area contributed by atoms with Crippen molar-refractivity contribution in [3.63, 3.8) is 0 Å². The van der Waals surface area contributed by atoms with Gasteiger partial charge in [-0.1, -0.05) is 48.0 Å². The number of nitrogens with one attached hydrogen (secondary N) is 1. The molecule has 1 spiro atoms. The number of nitrogens with two attached hydrogens (primary N) is 1. The van der Waals surface area contributed by atoms with Crippen LogP contribution < -0.4 is 11.1 Å². The number of rotatable bonds is 5. The molecule has 3 amide bonds. The third kappa shape index (κ3) is 4.26. The van der Waals surface area contributed by atoms with Gasteiger partial charge >= 0.3 is 6.09 Å². The maximum Gasteiger partial charge on any atom is 0.412 e. The number of anilines is 1. The summed E-state index contributed by atoms with van der Waals surface area (Å²) in [5.74, 6) is -1.57. The van der Waals surface area contributed by atoms with E-state index >= 15 is 4.39 Å². The number of likely N-dealkylation sites (tertiary alicyclic amines) is 1. The number of carbonyl (C=O) groups excluding carboxylic acids is 3. The molecule has 2 aliphatic heterocycles. The van der Waals surface area contributed by atoms with Gasteiger partial charge in [0.25, 0.3) is 0 Å². The number of hydrogen-bond acceptors (Lipinski definition) is 5. The van der Waals surface area contributed by atoms with Gasteiger partial charge in [-0.25, -0.2) is 9.18 Å². The van der Waals surface area contributed by atoms with Gasteiger partial charge in [0.2, 0.25) is 11.8 Å². The Morgan fingerprint density at radius 2 is 1.97 bits per heavy atom. The van der Waals surface area contributed by atoms with Crippen LogP contribution in [0.5, 0.6) is 0 Å². The number of nitrogens with zero attached hydrogens (tertiary/aromatic N) is 3. The zero-order valence-electron chi connectivity index (χ0n) is 20.6. The second-order valence-electron chi connectivity index (χ2n) is 9.74. The maximum absolute atomic E-state index is 15.3. The Hall–Kier alpha value is -4.44. The van der Waals surface area contributed by atoms with Gasteiger partial charge in [-0.15, -0.1) is 0 Å². The number of benzene rings is 3. The van der Waals surface area contributed by atoms with Crippen molar-refractivity contribution in [2.24, 2.45) is 5.73 Å². The molecule has 2 aliphatic rings. The average Bonchev–Trinajstić information content (AvgIpc) is 3.53. The molecule has 2 atom stereocenters. The minimum atomic E-state index is -1.38. The Balaban J connectivity index is 1.40. The number of halogens is 2. The summed E-state index contributed by atoms with van der Waals surface area (Å²) in [7, 11) is 0. The van der Waals surface area contributed by atoms with Gasteiger partial charge in [0.05, 0.1) is 34.5 Å². The highest BCUT2D eigenvalue weighted by atomic mass is 35.5. The van der Waals surface area contributed by atoms with Crippen LogP contribution in [0, 0.1) is 5.82 Å². The SMILES string of the molecule is NC(=O)c1ccc2cnn([C@@H](Cc3ccccc3)C(=O)N3CC[C@@]4(C3)OC(=O)Nc3ccc(Cl)c(F)c34)c2c1. The molecule has 1 fully saturated rings. The van der Waals surface area contributed by atoms with Crippen LogP contribution in [0.15, 0.2) is 66.9 Å². The predicted octanol–water partition coefficient (Wildman–Crippen LogP) is 4.40.